The van der Waals surface area contributed by atoms with Crippen LogP contribution in [0.15, 0.2) is 48.5 Å². The van der Waals surface area contributed by atoms with Gasteiger partial charge in [-0.15, -0.1) is 0 Å². The van der Waals surface area contributed by atoms with Crippen molar-refractivity contribution in [2.45, 2.75) is 25.5 Å². The molecule has 0 spiro atoms. The average Bonchev–Trinajstić information content (AvgIpc) is 2.72. The molecule has 3 rings (SSSR count). The lowest BCUT2D eigenvalue weighted by Gasteiger charge is -2.27. The Morgan fingerprint density at radius 3 is 2.69 bits per heavy atom. The minimum Gasteiger partial charge on any atom is -0.493 e. The third kappa shape index (κ3) is 5.10. The van der Waals surface area contributed by atoms with Crippen molar-refractivity contribution in [3.63, 3.8) is 0 Å². The zero-order valence-electron chi connectivity index (χ0n) is 15.8. The summed E-state index contributed by atoms with van der Waals surface area (Å²) in [6.07, 6.45) is -0.454. The Bertz CT molecular complexity index is 917. The minimum atomic E-state index is -1.05. The first-order valence-corrected chi connectivity index (χ1v) is 9.20. The van der Waals surface area contributed by atoms with Crippen molar-refractivity contribution < 1.29 is 28.2 Å². The van der Waals surface area contributed by atoms with Crippen LogP contribution in [0.4, 0.5) is 4.39 Å². The van der Waals surface area contributed by atoms with Crippen molar-refractivity contribution in [2.75, 3.05) is 13.2 Å². The molecule has 1 aliphatic heterocycles. The Morgan fingerprint density at radius 1 is 1.17 bits per heavy atom. The lowest BCUT2D eigenvalue weighted by atomic mass is 10.0. The molecule has 8 heteroatoms. The van der Waals surface area contributed by atoms with Crippen molar-refractivity contribution in [3.8, 4) is 5.75 Å². The number of carbonyl (C=O) groups is 3. The first-order chi connectivity index (χ1) is 14.0. The number of rotatable bonds is 6. The maximum atomic E-state index is 13.6. The van der Waals surface area contributed by atoms with Crippen molar-refractivity contribution in [2.24, 2.45) is 0 Å². The summed E-state index contributed by atoms with van der Waals surface area (Å²) in [4.78, 5) is 36.3. The molecule has 2 atom stereocenters. The average molecular weight is 400 g/mol. The number of carbonyl (C=O) groups excluding carboxylic acids is 3. The molecular weight excluding hydrogens is 379 g/mol. The number of fused-ring (bicyclic) bond motifs is 1. The van der Waals surface area contributed by atoms with Gasteiger partial charge >= 0.3 is 5.97 Å². The normalized spacial score (nSPS) is 16.0. The molecule has 0 aliphatic carbocycles. The van der Waals surface area contributed by atoms with E-state index < -0.39 is 36.2 Å². The van der Waals surface area contributed by atoms with Gasteiger partial charge in [0.05, 0.1) is 18.2 Å². The fourth-order valence-electron chi connectivity index (χ4n) is 2.97. The van der Waals surface area contributed by atoms with Crippen LogP contribution >= 0.6 is 0 Å². The molecule has 1 aliphatic rings. The number of amides is 2. The molecule has 0 radical (unpaired) electrons. The van der Waals surface area contributed by atoms with E-state index in [2.05, 4.69) is 10.6 Å². The highest BCUT2D eigenvalue weighted by Crippen LogP contribution is 2.31. The third-order valence-electron chi connectivity index (χ3n) is 4.46. The van der Waals surface area contributed by atoms with Crippen LogP contribution in [-0.2, 0) is 14.3 Å². The number of benzene rings is 2. The molecular formula is C21H21FN2O5. The van der Waals surface area contributed by atoms with E-state index in [0.717, 1.165) is 11.6 Å². The van der Waals surface area contributed by atoms with Crippen LogP contribution in [0.5, 0.6) is 5.75 Å². The smallest absolute Gasteiger partial charge is 0.326 e. The SMILES string of the molecule is CC(OC(=O)CNC(=O)c1ccccc1F)C(=O)NC1CCOc2ccccc21. The van der Waals surface area contributed by atoms with Crippen molar-refractivity contribution in [1.29, 1.82) is 0 Å². The van der Waals surface area contributed by atoms with Crippen molar-refractivity contribution in [3.05, 3.63) is 65.5 Å². The van der Waals surface area contributed by atoms with E-state index >= 15 is 0 Å². The summed E-state index contributed by atoms with van der Waals surface area (Å²) in [7, 11) is 0. The first kappa shape index (κ1) is 20.3. The molecule has 2 aromatic carbocycles. The molecule has 2 amide bonds. The Morgan fingerprint density at radius 2 is 1.90 bits per heavy atom. The Kier molecular flexibility index (Phi) is 6.43. The van der Waals surface area contributed by atoms with Gasteiger partial charge in [-0.25, -0.2) is 4.39 Å². The first-order valence-electron chi connectivity index (χ1n) is 9.20. The van der Waals surface area contributed by atoms with Crippen LogP contribution < -0.4 is 15.4 Å². The number of ether oxygens (including phenoxy) is 2. The summed E-state index contributed by atoms with van der Waals surface area (Å²) < 4.78 is 24.2. The van der Waals surface area contributed by atoms with Crippen LogP contribution in [0.2, 0.25) is 0 Å². The monoisotopic (exact) mass is 400 g/mol. The number of hydrogen-bond acceptors (Lipinski definition) is 5. The van der Waals surface area contributed by atoms with Crippen molar-refractivity contribution >= 4 is 17.8 Å². The maximum absolute atomic E-state index is 13.6. The van der Waals surface area contributed by atoms with E-state index in [9.17, 15) is 18.8 Å². The molecule has 2 unspecified atom stereocenters. The van der Waals surface area contributed by atoms with Gasteiger partial charge in [-0.3, -0.25) is 14.4 Å². The number of halogens is 1. The maximum Gasteiger partial charge on any atom is 0.326 e. The van der Waals surface area contributed by atoms with Crippen LogP contribution in [0.25, 0.3) is 0 Å². The Labute approximate surface area is 167 Å². The molecule has 0 fully saturated rings. The number of esters is 1. The van der Waals surface area contributed by atoms with Gasteiger partial charge in [0.25, 0.3) is 11.8 Å². The summed E-state index contributed by atoms with van der Waals surface area (Å²) in [5, 5.41) is 5.12. The van der Waals surface area contributed by atoms with Crippen LogP contribution in [0, 0.1) is 5.82 Å². The van der Waals surface area contributed by atoms with E-state index in [1.807, 2.05) is 24.3 Å². The molecule has 0 aromatic heterocycles. The summed E-state index contributed by atoms with van der Waals surface area (Å²) >= 11 is 0. The molecule has 2 aromatic rings. The summed E-state index contributed by atoms with van der Waals surface area (Å²) in [5.74, 6) is -1.98. The largest absolute Gasteiger partial charge is 0.493 e. The highest BCUT2D eigenvalue weighted by Gasteiger charge is 2.26. The Hall–Kier alpha value is -3.42. The number of para-hydroxylation sites is 1. The van der Waals surface area contributed by atoms with E-state index in [1.165, 1.54) is 25.1 Å². The predicted molar refractivity (Wildman–Crippen MR) is 102 cm³/mol. The van der Waals surface area contributed by atoms with Crippen LogP contribution in [-0.4, -0.2) is 37.0 Å². The summed E-state index contributed by atoms with van der Waals surface area (Å²) in [6, 6.07) is 12.6. The summed E-state index contributed by atoms with van der Waals surface area (Å²) in [5.41, 5.74) is 0.687. The highest BCUT2D eigenvalue weighted by molar-refractivity contribution is 5.96. The second kappa shape index (κ2) is 9.18. The fraction of sp³-hybridized carbons (Fsp3) is 0.286. The van der Waals surface area contributed by atoms with Gasteiger partial charge in [0.1, 0.15) is 18.1 Å². The van der Waals surface area contributed by atoms with Gasteiger partial charge in [-0.05, 0) is 25.1 Å². The standard InChI is InChI=1S/C21H21FN2O5/c1-13(20(26)24-17-10-11-28-18-9-5-3-7-15(17)18)29-19(25)12-23-21(27)14-6-2-4-8-16(14)22/h2-9,13,17H,10-12H2,1H3,(H,23,27)(H,24,26). The van der Waals surface area contributed by atoms with Crippen LogP contribution in [0.3, 0.4) is 0 Å². The highest BCUT2D eigenvalue weighted by atomic mass is 19.1. The lowest BCUT2D eigenvalue weighted by Crippen LogP contribution is -2.41. The molecule has 0 saturated carbocycles. The van der Waals surface area contributed by atoms with E-state index in [-0.39, 0.29) is 11.6 Å². The van der Waals surface area contributed by atoms with E-state index in [0.29, 0.717) is 18.8 Å². The topological polar surface area (TPSA) is 93.7 Å². The second-order valence-corrected chi connectivity index (χ2v) is 6.53. The summed E-state index contributed by atoms with van der Waals surface area (Å²) in [6.45, 7) is 1.43. The molecule has 29 heavy (non-hydrogen) atoms. The Balaban J connectivity index is 1.49. The minimum absolute atomic E-state index is 0.177. The van der Waals surface area contributed by atoms with Gasteiger partial charge in [-0.2, -0.15) is 0 Å². The quantitative estimate of drug-likeness (QED) is 0.725. The zero-order chi connectivity index (χ0) is 20.8. The molecule has 0 bridgehead atoms. The van der Waals surface area contributed by atoms with E-state index in [1.54, 1.807) is 0 Å². The van der Waals surface area contributed by atoms with Gasteiger partial charge in [-0.1, -0.05) is 30.3 Å². The van der Waals surface area contributed by atoms with Crippen LogP contribution in [0.1, 0.15) is 35.3 Å². The van der Waals surface area contributed by atoms with Gasteiger partial charge in [0.2, 0.25) is 0 Å². The molecule has 152 valence electrons. The second-order valence-electron chi connectivity index (χ2n) is 6.53. The fourth-order valence-corrected chi connectivity index (χ4v) is 2.97. The number of hydrogen-bond donors (Lipinski definition) is 2. The number of nitrogens with one attached hydrogen (secondary N) is 2. The van der Waals surface area contributed by atoms with Crippen molar-refractivity contribution in [1.82, 2.24) is 10.6 Å². The predicted octanol–water partition coefficient (Wildman–Crippen LogP) is 2.13. The van der Waals surface area contributed by atoms with Gasteiger partial charge < -0.3 is 20.1 Å². The van der Waals surface area contributed by atoms with Gasteiger partial charge in [0, 0.05) is 12.0 Å². The molecule has 1 heterocycles. The molecule has 0 saturated heterocycles. The molecule has 2 N–H and O–H groups in total. The molecule has 7 nitrogen and oxygen atoms in total. The zero-order valence-corrected chi connectivity index (χ0v) is 15.8. The lowest BCUT2D eigenvalue weighted by molar-refractivity contribution is -0.154. The van der Waals surface area contributed by atoms with E-state index in [4.69, 9.17) is 9.47 Å². The van der Waals surface area contributed by atoms with Gasteiger partial charge in [0.15, 0.2) is 6.10 Å². The third-order valence-corrected chi connectivity index (χ3v) is 4.46.